The minimum Gasteiger partial charge on any atom is -0.338 e. The Labute approximate surface area is 133 Å². The van der Waals surface area contributed by atoms with Gasteiger partial charge in [-0.05, 0) is 25.8 Å². The highest BCUT2D eigenvalue weighted by atomic mass is 35.5. The van der Waals surface area contributed by atoms with Crippen molar-refractivity contribution < 1.29 is 9.72 Å². The minimum atomic E-state index is -1.03. The van der Waals surface area contributed by atoms with Crippen molar-refractivity contribution in [2.24, 2.45) is 5.41 Å². The average Bonchev–Trinajstić information content (AvgIpc) is 2.96. The fraction of sp³-hybridized carbons (Fsp3) is 0.500. The second kappa shape index (κ2) is 5.14. The molecule has 1 aliphatic rings. The third kappa shape index (κ3) is 2.72. The fourth-order valence-electron chi connectivity index (χ4n) is 2.32. The van der Waals surface area contributed by atoms with Crippen LogP contribution < -0.4 is 0 Å². The number of hydrogen-bond acceptors (Lipinski definition) is 3. The molecule has 5 nitrogen and oxygen atoms in total. The molecule has 0 aliphatic heterocycles. The van der Waals surface area contributed by atoms with Gasteiger partial charge in [0.05, 0.1) is 16.4 Å². The molecule has 2 unspecified atom stereocenters. The SMILES string of the molecule is CC(c1cccc([N+](=O)[O-])c1)N(C)C(=O)C1(C)CC1(Cl)Cl. The van der Waals surface area contributed by atoms with Gasteiger partial charge >= 0.3 is 0 Å². The van der Waals surface area contributed by atoms with Crippen molar-refractivity contribution in [3.8, 4) is 0 Å². The lowest BCUT2D eigenvalue weighted by Gasteiger charge is -2.28. The number of nitro groups is 1. The van der Waals surface area contributed by atoms with E-state index >= 15 is 0 Å². The van der Waals surface area contributed by atoms with Crippen molar-refractivity contribution in [3.63, 3.8) is 0 Å². The molecule has 2 rings (SSSR count). The topological polar surface area (TPSA) is 63.5 Å². The Kier molecular flexibility index (Phi) is 3.93. The average molecular weight is 331 g/mol. The molecule has 2 atom stereocenters. The second-order valence-corrected chi connectivity index (χ2v) is 7.14. The standard InChI is InChI=1S/C14H16Cl2N2O3/c1-9(10-5-4-6-11(7-10)18(20)21)17(3)12(19)13(2)8-14(13,15)16/h4-7,9H,8H2,1-3H3. The molecule has 0 heterocycles. The van der Waals surface area contributed by atoms with Crippen LogP contribution in [-0.4, -0.2) is 27.1 Å². The summed E-state index contributed by atoms with van der Waals surface area (Å²) in [6.45, 7) is 3.54. The molecule has 1 aliphatic carbocycles. The summed E-state index contributed by atoms with van der Waals surface area (Å²) in [6.07, 6.45) is 0.411. The molecule has 0 bridgehead atoms. The van der Waals surface area contributed by atoms with Gasteiger partial charge in [-0.25, -0.2) is 0 Å². The quantitative estimate of drug-likeness (QED) is 0.480. The first-order valence-corrected chi connectivity index (χ1v) is 7.25. The Balaban J connectivity index is 2.20. The van der Waals surface area contributed by atoms with Crippen molar-refractivity contribution in [2.75, 3.05) is 7.05 Å². The van der Waals surface area contributed by atoms with E-state index in [0.29, 0.717) is 12.0 Å². The van der Waals surface area contributed by atoms with Gasteiger partial charge in [0.1, 0.15) is 4.33 Å². The maximum absolute atomic E-state index is 12.5. The lowest BCUT2D eigenvalue weighted by molar-refractivity contribution is -0.384. The van der Waals surface area contributed by atoms with E-state index in [1.54, 1.807) is 26.1 Å². The van der Waals surface area contributed by atoms with Crippen LogP contribution in [-0.2, 0) is 4.79 Å². The fourth-order valence-corrected chi connectivity index (χ4v) is 3.02. The number of alkyl halides is 2. The number of benzene rings is 1. The van der Waals surface area contributed by atoms with Gasteiger partial charge in [-0.1, -0.05) is 12.1 Å². The van der Waals surface area contributed by atoms with E-state index in [2.05, 4.69) is 0 Å². The summed E-state index contributed by atoms with van der Waals surface area (Å²) < 4.78 is -1.03. The Morgan fingerprint density at radius 3 is 2.52 bits per heavy atom. The number of rotatable bonds is 4. The maximum Gasteiger partial charge on any atom is 0.269 e. The summed E-state index contributed by atoms with van der Waals surface area (Å²) in [4.78, 5) is 24.4. The number of nitrogens with zero attached hydrogens (tertiary/aromatic N) is 2. The van der Waals surface area contributed by atoms with E-state index in [4.69, 9.17) is 23.2 Å². The van der Waals surface area contributed by atoms with Gasteiger partial charge in [-0.15, -0.1) is 23.2 Å². The van der Waals surface area contributed by atoms with Crippen molar-refractivity contribution in [1.29, 1.82) is 0 Å². The number of carbonyl (C=O) groups excluding carboxylic acids is 1. The maximum atomic E-state index is 12.5. The summed E-state index contributed by atoms with van der Waals surface area (Å²) in [5, 5.41) is 10.8. The summed E-state index contributed by atoms with van der Waals surface area (Å²) in [5.41, 5.74) is -0.0965. The number of amides is 1. The first-order valence-electron chi connectivity index (χ1n) is 6.49. The third-order valence-electron chi connectivity index (χ3n) is 4.19. The van der Waals surface area contributed by atoms with E-state index in [1.807, 2.05) is 6.92 Å². The molecule has 1 amide bonds. The number of non-ortho nitro benzene ring substituents is 1. The van der Waals surface area contributed by atoms with Crippen molar-refractivity contribution in [3.05, 3.63) is 39.9 Å². The molecular weight excluding hydrogens is 315 g/mol. The zero-order valence-electron chi connectivity index (χ0n) is 12.0. The molecule has 21 heavy (non-hydrogen) atoms. The lowest BCUT2D eigenvalue weighted by Crippen LogP contribution is -2.37. The molecule has 0 N–H and O–H groups in total. The van der Waals surface area contributed by atoms with Gasteiger partial charge in [0.25, 0.3) is 5.69 Å². The van der Waals surface area contributed by atoms with Crippen LogP contribution in [0.1, 0.15) is 31.9 Å². The Morgan fingerprint density at radius 2 is 2.05 bits per heavy atom. The molecule has 1 saturated carbocycles. The molecule has 114 valence electrons. The first-order chi connectivity index (χ1) is 9.60. The zero-order chi connectivity index (χ0) is 16.0. The van der Waals surface area contributed by atoms with Crippen LogP contribution in [0.3, 0.4) is 0 Å². The molecule has 0 aromatic heterocycles. The van der Waals surface area contributed by atoms with Crippen molar-refractivity contribution >= 4 is 34.8 Å². The van der Waals surface area contributed by atoms with E-state index in [-0.39, 0.29) is 17.6 Å². The Hall–Kier alpha value is -1.33. The van der Waals surface area contributed by atoms with Crippen LogP contribution in [0.25, 0.3) is 0 Å². The Morgan fingerprint density at radius 1 is 1.48 bits per heavy atom. The number of carbonyl (C=O) groups is 1. The van der Waals surface area contributed by atoms with Gasteiger partial charge in [0.2, 0.25) is 5.91 Å². The largest absolute Gasteiger partial charge is 0.338 e. The smallest absolute Gasteiger partial charge is 0.269 e. The van der Waals surface area contributed by atoms with Gasteiger partial charge in [0, 0.05) is 19.2 Å². The summed E-state index contributed by atoms with van der Waals surface area (Å²) in [7, 11) is 1.65. The van der Waals surface area contributed by atoms with E-state index in [1.165, 1.54) is 17.0 Å². The third-order valence-corrected chi connectivity index (χ3v) is 5.30. The Bertz CT molecular complexity index is 606. The second-order valence-electron chi connectivity index (χ2n) is 5.66. The molecule has 0 spiro atoms. The van der Waals surface area contributed by atoms with Crippen LogP contribution in [0, 0.1) is 15.5 Å². The predicted octanol–water partition coefficient (Wildman–Crippen LogP) is 3.70. The highest BCUT2D eigenvalue weighted by molar-refractivity contribution is 6.53. The molecule has 0 radical (unpaired) electrons. The van der Waals surface area contributed by atoms with Gasteiger partial charge in [-0.3, -0.25) is 14.9 Å². The highest BCUT2D eigenvalue weighted by Crippen LogP contribution is 2.64. The molecule has 1 aromatic rings. The molecule has 1 aromatic carbocycles. The van der Waals surface area contributed by atoms with Crippen LogP contribution in [0.2, 0.25) is 0 Å². The van der Waals surface area contributed by atoms with Crippen molar-refractivity contribution in [1.82, 2.24) is 4.90 Å². The normalized spacial score (nSPS) is 24.2. The van der Waals surface area contributed by atoms with Crippen LogP contribution in [0.15, 0.2) is 24.3 Å². The monoisotopic (exact) mass is 330 g/mol. The van der Waals surface area contributed by atoms with E-state index in [9.17, 15) is 14.9 Å². The van der Waals surface area contributed by atoms with Gasteiger partial charge in [0.15, 0.2) is 0 Å². The summed E-state index contributed by atoms with van der Waals surface area (Å²) in [5.74, 6) is -0.161. The van der Waals surface area contributed by atoms with Crippen molar-refractivity contribution in [2.45, 2.75) is 30.6 Å². The number of hydrogen-bond donors (Lipinski definition) is 0. The molecule has 7 heteroatoms. The predicted molar refractivity (Wildman–Crippen MR) is 81.4 cm³/mol. The van der Waals surface area contributed by atoms with E-state index < -0.39 is 14.7 Å². The summed E-state index contributed by atoms with van der Waals surface area (Å²) in [6, 6.07) is 5.94. The van der Waals surface area contributed by atoms with Crippen LogP contribution >= 0.6 is 23.2 Å². The summed E-state index contributed by atoms with van der Waals surface area (Å²) >= 11 is 12.1. The van der Waals surface area contributed by atoms with E-state index in [0.717, 1.165) is 0 Å². The van der Waals surface area contributed by atoms with Gasteiger partial charge < -0.3 is 4.90 Å². The lowest BCUT2D eigenvalue weighted by atomic mass is 10.0. The molecule has 1 fully saturated rings. The highest BCUT2D eigenvalue weighted by Gasteiger charge is 2.68. The molecule has 0 saturated heterocycles. The van der Waals surface area contributed by atoms with Crippen LogP contribution in [0.4, 0.5) is 5.69 Å². The number of nitro benzene ring substituents is 1. The minimum absolute atomic E-state index is 0.00173. The number of halogens is 2. The first kappa shape index (κ1) is 16.0. The molecular formula is C14H16Cl2N2O3. The zero-order valence-corrected chi connectivity index (χ0v) is 13.5. The van der Waals surface area contributed by atoms with Gasteiger partial charge in [-0.2, -0.15) is 0 Å². The van der Waals surface area contributed by atoms with Crippen LogP contribution in [0.5, 0.6) is 0 Å².